The summed E-state index contributed by atoms with van der Waals surface area (Å²) in [5.41, 5.74) is 0. The van der Waals surface area contributed by atoms with Crippen molar-refractivity contribution in [3.63, 3.8) is 0 Å². The van der Waals surface area contributed by atoms with Crippen molar-refractivity contribution >= 4 is 52.1 Å². The van der Waals surface area contributed by atoms with Crippen molar-refractivity contribution in [1.82, 2.24) is 0 Å². The smallest absolute Gasteiger partial charge is 1.00 e. The number of rotatable bonds is 0. The van der Waals surface area contributed by atoms with E-state index in [4.69, 9.17) is 16.2 Å². The fraction of sp³-hybridized carbons (Fsp3) is 0. The van der Waals surface area contributed by atoms with Crippen molar-refractivity contribution in [1.29, 1.82) is 0 Å². The summed E-state index contributed by atoms with van der Waals surface area (Å²) in [5.74, 6) is 0. The average Bonchev–Trinajstić information content (AvgIpc) is 1.70. The predicted octanol–water partition coefficient (Wildman–Crippen LogP) is -0.910. The van der Waals surface area contributed by atoms with Crippen LogP contribution in [0.15, 0.2) is 0 Å². The SMILES string of the molecule is [Au+3].[H-].[K+].[N-]=C=S.[N-]=C=S.[N-]=C=S. The molecule has 0 heterocycles. The molecule has 0 unspecified atom stereocenters. The van der Waals surface area contributed by atoms with E-state index in [9.17, 15) is 0 Å². The van der Waals surface area contributed by atoms with E-state index in [0.717, 1.165) is 0 Å². The van der Waals surface area contributed by atoms with Crippen LogP contribution in [0.25, 0.3) is 16.2 Å². The quantitative estimate of drug-likeness (QED) is 0.295. The molecule has 0 spiro atoms. The van der Waals surface area contributed by atoms with Gasteiger partial charge in [0, 0.05) is 0 Å². The normalized spacial score (nSPS) is 2.18. The van der Waals surface area contributed by atoms with Crippen LogP contribution >= 0.6 is 36.7 Å². The van der Waals surface area contributed by atoms with Gasteiger partial charge in [0.05, 0.1) is 0 Å². The third-order valence-corrected chi connectivity index (χ3v) is 0. The van der Waals surface area contributed by atoms with Gasteiger partial charge in [-0.3, -0.25) is 0 Å². The first kappa shape index (κ1) is 29.3. The molecular weight excluding hydrogens is 410 g/mol. The number of hydrogen-bond donors (Lipinski definition) is 0. The summed E-state index contributed by atoms with van der Waals surface area (Å²) in [7, 11) is 0. The maximum atomic E-state index is 7.13. The topological polar surface area (TPSA) is 66.9 Å². The van der Waals surface area contributed by atoms with E-state index in [1.807, 2.05) is 0 Å². The molecule has 0 amide bonds. The minimum Gasteiger partial charge on any atom is -1.00 e. The van der Waals surface area contributed by atoms with Crippen molar-refractivity contribution in [2.45, 2.75) is 0 Å². The van der Waals surface area contributed by atoms with E-state index < -0.39 is 0 Å². The van der Waals surface area contributed by atoms with Crippen molar-refractivity contribution in [2.24, 2.45) is 0 Å². The first-order valence-corrected chi connectivity index (χ1v) is 2.51. The molecule has 0 atom stereocenters. The third-order valence-electron chi connectivity index (χ3n) is 0. The molecule has 0 aromatic carbocycles. The Morgan fingerprint density at radius 3 is 0.818 bits per heavy atom. The second-order valence-electron chi connectivity index (χ2n) is 0.274. The summed E-state index contributed by atoms with van der Waals surface area (Å²) in [5, 5.41) is 25.4. The van der Waals surface area contributed by atoms with E-state index >= 15 is 0 Å². The summed E-state index contributed by atoms with van der Waals surface area (Å²) < 4.78 is 0. The number of hydrogen-bond acceptors (Lipinski definition) is 3. The Balaban J connectivity index is -0.00000001000. The molecule has 0 saturated carbocycles. The van der Waals surface area contributed by atoms with Crippen LogP contribution in [0, 0.1) is 0 Å². The van der Waals surface area contributed by atoms with Gasteiger partial charge < -0.3 is 17.7 Å². The van der Waals surface area contributed by atoms with E-state index in [-0.39, 0.29) is 75.2 Å². The molecule has 11 heavy (non-hydrogen) atoms. The fourth-order valence-electron chi connectivity index (χ4n) is 0. The van der Waals surface area contributed by atoms with Gasteiger partial charge in [0.2, 0.25) is 0 Å². The standard InChI is InChI=1S/3CNS.Au.K.H/c3*2-1-3;;;/q3*-1;+3;+1;-1. The summed E-state index contributed by atoms with van der Waals surface area (Å²) >= 11 is 11.1. The zero-order chi connectivity index (χ0) is 8.12. The monoisotopic (exact) mass is 411 g/mol. The van der Waals surface area contributed by atoms with Crippen molar-refractivity contribution in [3.05, 3.63) is 16.2 Å². The second kappa shape index (κ2) is 59.9. The van der Waals surface area contributed by atoms with Gasteiger partial charge in [0.25, 0.3) is 0 Å². The predicted molar refractivity (Wildman–Crippen MR) is 49.0 cm³/mol. The third kappa shape index (κ3) is 357. The van der Waals surface area contributed by atoms with Crippen LogP contribution in [0.3, 0.4) is 0 Å². The summed E-state index contributed by atoms with van der Waals surface area (Å²) in [6.45, 7) is 0. The molecule has 0 bridgehead atoms. The number of thiocarbonyl (C=S) groups is 3. The average molecular weight is 411 g/mol. The van der Waals surface area contributed by atoms with Gasteiger partial charge >= 0.3 is 73.8 Å². The van der Waals surface area contributed by atoms with Gasteiger partial charge in [-0.05, 0) is 0 Å². The van der Waals surface area contributed by atoms with Gasteiger partial charge in [0.15, 0.2) is 0 Å². The van der Waals surface area contributed by atoms with Crippen molar-refractivity contribution < 1.29 is 75.2 Å². The Bertz CT molecular complexity index is 120. The van der Waals surface area contributed by atoms with Crippen LogP contribution in [0.1, 0.15) is 1.43 Å². The first-order chi connectivity index (χ1) is 4.24. The molecule has 0 rings (SSSR count). The van der Waals surface area contributed by atoms with Crippen LogP contribution in [0.5, 0.6) is 0 Å². The zero-order valence-corrected chi connectivity index (χ0v) is 13.1. The maximum Gasteiger partial charge on any atom is 3.00 e. The Kier molecular flexibility index (Phi) is 160. The molecule has 0 saturated heterocycles. The molecule has 0 aromatic heterocycles. The van der Waals surface area contributed by atoms with E-state index in [1.165, 1.54) is 15.5 Å². The Morgan fingerprint density at radius 1 is 0.818 bits per heavy atom. The van der Waals surface area contributed by atoms with Crippen LogP contribution in [-0.4, -0.2) is 15.5 Å². The van der Waals surface area contributed by atoms with E-state index in [0.29, 0.717) is 0 Å². The van der Waals surface area contributed by atoms with Gasteiger partial charge in [-0.25, -0.2) is 0 Å². The molecule has 0 N–H and O–H groups in total. The molecule has 0 fully saturated rings. The Hall–Kier alpha value is 1.78. The maximum absolute atomic E-state index is 7.13. The van der Waals surface area contributed by atoms with Crippen molar-refractivity contribution in [3.8, 4) is 0 Å². The van der Waals surface area contributed by atoms with Crippen LogP contribution in [0.4, 0.5) is 0 Å². The summed E-state index contributed by atoms with van der Waals surface area (Å²) in [6.07, 6.45) is 0. The first-order valence-electron chi connectivity index (χ1n) is 1.28. The molecule has 0 radical (unpaired) electrons. The van der Waals surface area contributed by atoms with Gasteiger partial charge in [-0.1, -0.05) is 36.7 Å². The molecule has 58 valence electrons. The van der Waals surface area contributed by atoms with Crippen molar-refractivity contribution in [2.75, 3.05) is 0 Å². The largest absolute Gasteiger partial charge is 3.00 e. The molecule has 8 heteroatoms. The Morgan fingerprint density at radius 2 is 0.818 bits per heavy atom. The number of nitrogens with zero attached hydrogens (tertiary/aromatic N) is 3. The molecular formula is C3HAuKN3S3. The zero-order valence-electron chi connectivity index (χ0n) is 6.37. The van der Waals surface area contributed by atoms with Gasteiger partial charge in [0.1, 0.15) is 0 Å². The van der Waals surface area contributed by atoms with Crippen LogP contribution < -0.4 is 51.4 Å². The summed E-state index contributed by atoms with van der Waals surface area (Å²) in [6, 6.07) is 0. The molecule has 0 aliphatic carbocycles. The minimum absolute atomic E-state index is 0. The Labute approximate surface area is 141 Å². The van der Waals surface area contributed by atoms with Gasteiger partial charge in [-0.15, -0.1) is 0 Å². The van der Waals surface area contributed by atoms with Gasteiger partial charge in [-0.2, -0.15) is 15.5 Å². The van der Waals surface area contributed by atoms with Crippen LogP contribution in [-0.2, 0) is 22.4 Å². The molecule has 0 aromatic rings. The minimum atomic E-state index is 0. The number of isothiocyanates is 3. The van der Waals surface area contributed by atoms with E-state index in [2.05, 4.69) is 36.7 Å². The molecule has 3 nitrogen and oxygen atoms in total. The molecule has 0 aliphatic rings. The fourth-order valence-corrected chi connectivity index (χ4v) is 0. The van der Waals surface area contributed by atoms with E-state index in [1.54, 1.807) is 0 Å². The summed E-state index contributed by atoms with van der Waals surface area (Å²) in [4.78, 5) is 0. The van der Waals surface area contributed by atoms with Crippen LogP contribution in [0.2, 0.25) is 0 Å². The second-order valence-corrected chi connectivity index (χ2v) is 0.822. The molecule has 0 aliphatic heterocycles.